The van der Waals surface area contributed by atoms with E-state index in [0.29, 0.717) is 17.3 Å². The fourth-order valence-corrected chi connectivity index (χ4v) is 2.68. The van der Waals surface area contributed by atoms with Crippen molar-refractivity contribution in [1.29, 1.82) is 0 Å². The number of Topliss-reactive ketones (excluding diaryl/α,β-unsaturated/α-hetero) is 1. The topological polar surface area (TPSA) is 34.9 Å². The number of benzene rings is 1. The second-order valence-electron chi connectivity index (χ2n) is 4.32. The van der Waals surface area contributed by atoms with Gasteiger partial charge in [0, 0.05) is 22.5 Å². The number of hydrogen-bond donors (Lipinski definition) is 0. The molecule has 1 aromatic heterocycles. The fourth-order valence-electron chi connectivity index (χ4n) is 1.94. The summed E-state index contributed by atoms with van der Waals surface area (Å²) >= 11 is 9.49. The molecule has 0 unspecified atom stereocenters. The molecular weight excluding hydrogens is 328 g/mol. The van der Waals surface area contributed by atoms with Crippen molar-refractivity contribution in [2.75, 3.05) is 0 Å². The number of carbonyl (C=O) groups excluding carboxylic acids is 1. The summed E-state index contributed by atoms with van der Waals surface area (Å²) in [6, 6.07) is 7.37. The quantitative estimate of drug-likeness (QED) is 0.786. The van der Waals surface area contributed by atoms with Crippen LogP contribution in [0.3, 0.4) is 0 Å². The van der Waals surface area contributed by atoms with Crippen LogP contribution in [0.15, 0.2) is 28.7 Å². The maximum atomic E-state index is 12.3. The Balaban J connectivity index is 2.25. The third kappa shape index (κ3) is 3.25. The number of carbonyl (C=O) groups is 1. The molecule has 1 aromatic carbocycles. The zero-order valence-electron chi connectivity index (χ0n) is 10.8. The summed E-state index contributed by atoms with van der Waals surface area (Å²) in [7, 11) is 0. The molecule has 100 valence electrons. The van der Waals surface area contributed by atoms with E-state index in [0.717, 1.165) is 15.7 Å². The lowest BCUT2D eigenvalue weighted by Gasteiger charge is -2.06. The van der Waals surface area contributed by atoms with E-state index >= 15 is 0 Å². The zero-order valence-corrected chi connectivity index (χ0v) is 13.1. The van der Waals surface area contributed by atoms with Gasteiger partial charge in [-0.25, -0.2) is 0 Å². The highest BCUT2D eigenvalue weighted by Crippen LogP contribution is 2.22. The van der Waals surface area contributed by atoms with E-state index in [-0.39, 0.29) is 12.2 Å². The monoisotopic (exact) mass is 340 g/mol. The molecule has 0 saturated heterocycles. The normalized spacial score (nSPS) is 10.7. The number of hydrogen-bond acceptors (Lipinski definition) is 2. The van der Waals surface area contributed by atoms with Crippen LogP contribution < -0.4 is 0 Å². The summed E-state index contributed by atoms with van der Waals surface area (Å²) in [5.74, 6) is 0.0340. The van der Waals surface area contributed by atoms with Crippen LogP contribution in [0.1, 0.15) is 28.7 Å². The van der Waals surface area contributed by atoms with Crippen LogP contribution in [0.4, 0.5) is 0 Å². The molecule has 2 rings (SSSR count). The van der Waals surface area contributed by atoms with Crippen LogP contribution in [0.25, 0.3) is 0 Å². The number of ketones is 1. The predicted octanol–water partition coefficient (Wildman–Crippen LogP) is 4.05. The number of aryl methyl sites for hydroxylation is 2. The molecule has 0 amide bonds. The minimum absolute atomic E-state index is 0.0340. The van der Waals surface area contributed by atoms with Gasteiger partial charge in [-0.3, -0.25) is 9.48 Å². The predicted molar refractivity (Wildman–Crippen MR) is 79.8 cm³/mol. The van der Waals surface area contributed by atoms with Gasteiger partial charge in [-0.2, -0.15) is 5.10 Å². The standard InChI is InChI=1S/C14H14BrClN2O/c1-3-18-13(6-9(2)17-18)14(19)7-10-4-5-11(15)8-12(10)16/h4-6,8H,3,7H2,1-2H3. The Kier molecular flexibility index (Phi) is 4.42. The molecule has 0 aliphatic carbocycles. The van der Waals surface area contributed by atoms with Gasteiger partial charge in [-0.05, 0) is 37.6 Å². The van der Waals surface area contributed by atoms with Crippen LogP contribution in [0.5, 0.6) is 0 Å². The van der Waals surface area contributed by atoms with Gasteiger partial charge in [0.15, 0.2) is 5.78 Å². The first-order valence-corrected chi connectivity index (χ1v) is 7.20. The van der Waals surface area contributed by atoms with Crippen LogP contribution in [-0.4, -0.2) is 15.6 Å². The van der Waals surface area contributed by atoms with E-state index in [2.05, 4.69) is 21.0 Å². The first kappa shape index (κ1) is 14.3. The fraction of sp³-hybridized carbons (Fsp3) is 0.286. The van der Waals surface area contributed by atoms with Crippen molar-refractivity contribution >= 4 is 33.3 Å². The van der Waals surface area contributed by atoms with E-state index in [1.165, 1.54) is 0 Å². The first-order valence-electron chi connectivity index (χ1n) is 6.03. The highest BCUT2D eigenvalue weighted by molar-refractivity contribution is 9.10. The Bertz CT molecular complexity index is 622. The molecule has 0 aliphatic rings. The molecule has 0 N–H and O–H groups in total. The summed E-state index contributed by atoms with van der Waals surface area (Å²) in [5, 5.41) is 4.88. The maximum Gasteiger partial charge on any atom is 0.185 e. The lowest BCUT2D eigenvalue weighted by molar-refractivity contribution is 0.0983. The zero-order chi connectivity index (χ0) is 14.0. The number of halogens is 2. The van der Waals surface area contributed by atoms with Crippen molar-refractivity contribution < 1.29 is 4.79 Å². The molecule has 0 radical (unpaired) electrons. The first-order chi connectivity index (χ1) is 9.01. The van der Waals surface area contributed by atoms with Gasteiger partial charge in [0.2, 0.25) is 0 Å². The molecular formula is C14H14BrClN2O. The van der Waals surface area contributed by atoms with Crippen molar-refractivity contribution in [1.82, 2.24) is 9.78 Å². The lowest BCUT2D eigenvalue weighted by Crippen LogP contribution is -2.11. The van der Waals surface area contributed by atoms with Gasteiger partial charge in [0.05, 0.1) is 5.69 Å². The van der Waals surface area contributed by atoms with Gasteiger partial charge in [-0.1, -0.05) is 33.6 Å². The number of nitrogens with zero attached hydrogens (tertiary/aromatic N) is 2. The van der Waals surface area contributed by atoms with Crippen LogP contribution in [-0.2, 0) is 13.0 Å². The Morgan fingerprint density at radius 1 is 1.42 bits per heavy atom. The molecule has 0 fully saturated rings. The van der Waals surface area contributed by atoms with Gasteiger partial charge < -0.3 is 0 Å². The smallest absolute Gasteiger partial charge is 0.185 e. The van der Waals surface area contributed by atoms with E-state index in [1.807, 2.05) is 32.0 Å². The molecule has 0 bridgehead atoms. The lowest BCUT2D eigenvalue weighted by atomic mass is 10.1. The molecule has 2 aromatic rings. The Labute approximate surface area is 125 Å². The SMILES string of the molecule is CCn1nc(C)cc1C(=O)Cc1ccc(Br)cc1Cl. The molecule has 5 heteroatoms. The molecule has 0 atom stereocenters. The average Bonchev–Trinajstić information content (AvgIpc) is 2.74. The average molecular weight is 342 g/mol. The summed E-state index contributed by atoms with van der Waals surface area (Å²) in [6.07, 6.45) is 0.289. The summed E-state index contributed by atoms with van der Waals surface area (Å²) in [4.78, 5) is 12.3. The Hall–Kier alpha value is -1.13. The second kappa shape index (κ2) is 5.88. The summed E-state index contributed by atoms with van der Waals surface area (Å²) in [5.41, 5.74) is 2.32. The molecule has 0 spiro atoms. The Morgan fingerprint density at radius 3 is 2.79 bits per heavy atom. The number of aromatic nitrogens is 2. The minimum atomic E-state index is 0.0340. The van der Waals surface area contributed by atoms with Gasteiger partial charge >= 0.3 is 0 Å². The third-order valence-corrected chi connectivity index (χ3v) is 3.70. The maximum absolute atomic E-state index is 12.3. The van der Waals surface area contributed by atoms with Crippen molar-refractivity contribution in [3.8, 4) is 0 Å². The minimum Gasteiger partial charge on any atom is -0.292 e. The molecule has 19 heavy (non-hydrogen) atoms. The highest BCUT2D eigenvalue weighted by Gasteiger charge is 2.15. The molecule has 1 heterocycles. The largest absolute Gasteiger partial charge is 0.292 e. The van der Waals surface area contributed by atoms with Crippen molar-refractivity contribution in [2.45, 2.75) is 26.8 Å². The second-order valence-corrected chi connectivity index (χ2v) is 5.65. The molecule has 0 aliphatic heterocycles. The number of rotatable bonds is 4. The van der Waals surface area contributed by atoms with E-state index < -0.39 is 0 Å². The van der Waals surface area contributed by atoms with Gasteiger partial charge in [-0.15, -0.1) is 0 Å². The van der Waals surface area contributed by atoms with Crippen LogP contribution >= 0.6 is 27.5 Å². The molecule has 3 nitrogen and oxygen atoms in total. The summed E-state index contributed by atoms with van der Waals surface area (Å²) < 4.78 is 2.63. The van der Waals surface area contributed by atoms with E-state index in [4.69, 9.17) is 11.6 Å². The summed E-state index contributed by atoms with van der Waals surface area (Å²) in [6.45, 7) is 4.54. The van der Waals surface area contributed by atoms with Crippen molar-refractivity contribution in [2.24, 2.45) is 0 Å². The van der Waals surface area contributed by atoms with Gasteiger partial charge in [0.1, 0.15) is 5.69 Å². The third-order valence-electron chi connectivity index (χ3n) is 2.85. The van der Waals surface area contributed by atoms with Crippen molar-refractivity contribution in [3.05, 3.63) is 50.7 Å². The molecule has 0 saturated carbocycles. The van der Waals surface area contributed by atoms with Crippen LogP contribution in [0.2, 0.25) is 5.02 Å². The van der Waals surface area contributed by atoms with Crippen molar-refractivity contribution in [3.63, 3.8) is 0 Å². The highest BCUT2D eigenvalue weighted by atomic mass is 79.9. The van der Waals surface area contributed by atoms with E-state index in [9.17, 15) is 4.79 Å². The van der Waals surface area contributed by atoms with Crippen LogP contribution in [0, 0.1) is 6.92 Å². The Morgan fingerprint density at radius 2 is 2.16 bits per heavy atom. The van der Waals surface area contributed by atoms with Gasteiger partial charge in [0.25, 0.3) is 0 Å². The van der Waals surface area contributed by atoms with E-state index in [1.54, 1.807) is 10.7 Å².